The molecule has 0 spiro atoms. The normalized spacial score (nSPS) is 12.1. The van der Waals surface area contributed by atoms with Gasteiger partial charge in [0.25, 0.3) is 0 Å². The summed E-state index contributed by atoms with van der Waals surface area (Å²) in [6, 6.07) is 0. The maximum absolute atomic E-state index is 6.08. The van der Waals surface area contributed by atoms with Crippen molar-refractivity contribution in [1.82, 2.24) is 0 Å². The molecule has 1 nitrogen and oxygen atoms in total. The highest BCUT2D eigenvalue weighted by Crippen LogP contribution is 2.36. The lowest BCUT2D eigenvalue weighted by Gasteiger charge is -2.36. The minimum Gasteiger partial charge on any atom is -0.417 e. The molecule has 0 radical (unpaired) electrons. The molecule has 16 heavy (non-hydrogen) atoms. The van der Waals surface area contributed by atoms with Crippen LogP contribution in [0.5, 0.6) is 0 Å². The van der Waals surface area contributed by atoms with Gasteiger partial charge in [0, 0.05) is 11.0 Å². The zero-order chi connectivity index (χ0) is 12.7. The van der Waals surface area contributed by atoms with Gasteiger partial charge in [0.2, 0.25) is 0 Å². The van der Waals surface area contributed by atoms with Crippen LogP contribution in [0.2, 0.25) is 18.1 Å². The van der Waals surface area contributed by atoms with Gasteiger partial charge < -0.3 is 4.43 Å². The van der Waals surface area contributed by atoms with E-state index in [1.807, 2.05) is 0 Å². The van der Waals surface area contributed by atoms with Gasteiger partial charge in [-0.3, -0.25) is 0 Å². The Balaban J connectivity index is 3.79. The molecule has 0 fully saturated rings. The van der Waals surface area contributed by atoms with Crippen molar-refractivity contribution in [3.05, 3.63) is 17.9 Å². The second-order valence-electron chi connectivity index (χ2n) is 5.48. The van der Waals surface area contributed by atoms with Crippen LogP contribution in [0.25, 0.3) is 0 Å². The standard InChI is InChI=1S/C13H25IOSi/c1-13(2,3)16(4,5)15-12-10-8-6-7-9-11-14/h6,9H,8,10-12H2,1-5H3. The Morgan fingerprint density at radius 3 is 2.38 bits per heavy atom. The van der Waals surface area contributed by atoms with E-state index in [1.54, 1.807) is 0 Å². The van der Waals surface area contributed by atoms with Crippen LogP contribution in [0.15, 0.2) is 17.9 Å². The highest BCUT2D eigenvalue weighted by molar-refractivity contribution is 14.1. The Morgan fingerprint density at radius 1 is 1.25 bits per heavy atom. The summed E-state index contributed by atoms with van der Waals surface area (Å²) in [5.41, 5.74) is 3.16. The first kappa shape index (κ1) is 16.4. The Morgan fingerprint density at radius 2 is 1.88 bits per heavy atom. The molecule has 0 amide bonds. The summed E-state index contributed by atoms with van der Waals surface area (Å²) in [5, 5.41) is 0.323. The van der Waals surface area contributed by atoms with Crippen molar-refractivity contribution < 1.29 is 4.43 Å². The van der Waals surface area contributed by atoms with Crippen molar-refractivity contribution in [2.24, 2.45) is 0 Å². The van der Waals surface area contributed by atoms with Gasteiger partial charge in [-0.2, -0.15) is 0 Å². The topological polar surface area (TPSA) is 9.23 Å². The Kier molecular flexibility index (Phi) is 7.90. The van der Waals surface area contributed by atoms with E-state index >= 15 is 0 Å². The molecule has 0 saturated carbocycles. The molecule has 0 aromatic heterocycles. The van der Waals surface area contributed by atoms with E-state index in [2.05, 4.69) is 74.3 Å². The van der Waals surface area contributed by atoms with E-state index < -0.39 is 8.32 Å². The number of hydrogen-bond donors (Lipinski definition) is 0. The number of unbranched alkanes of at least 4 members (excludes halogenated alkanes) is 1. The van der Waals surface area contributed by atoms with Crippen molar-refractivity contribution in [3.63, 3.8) is 0 Å². The van der Waals surface area contributed by atoms with Gasteiger partial charge in [0.1, 0.15) is 0 Å². The maximum Gasteiger partial charge on any atom is 0.191 e. The Labute approximate surface area is 116 Å². The lowest BCUT2D eigenvalue weighted by Crippen LogP contribution is -2.40. The summed E-state index contributed by atoms with van der Waals surface area (Å²) in [6.07, 6.45) is 6.33. The molecule has 0 aromatic carbocycles. The fourth-order valence-electron chi connectivity index (χ4n) is 0.940. The Hall–Kier alpha value is 0.427. The van der Waals surface area contributed by atoms with Gasteiger partial charge in [-0.05, 0) is 43.1 Å². The predicted octanol–water partition coefficient (Wildman–Crippen LogP) is 4.93. The summed E-state index contributed by atoms with van der Waals surface area (Å²) in [4.78, 5) is 0. The third-order valence-corrected chi connectivity index (χ3v) is 8.05. The first-order chi connectivity index (χ1) is 7.31. The zero-order valence-electron chi connectivity index (χ0n) is 11.3. The molecule has 0 aliphatic heterocycles. The van der Waals surface area contributed by atoms with Gasteiger partial charge >= 0.3 is 0 Å². The second kappa shape index (κ2) is 7.70. The van der Waals surface area contributed by atoms with E-state index in [0.717, 1.165) is 23.9 Å². The molecular weight excluding hydrogens is 327 g/mol. The predicted molar refractivity (Wildman–Crippen MR) is 83.9 cm³/mol. The van der Waals surface area contributed by atoms with Crippen molar-refractivity contribution in [3.8, 4) is 0 Å². The molecule has 0 aliphatic carbocycles. The molecule has 0 aliphatic rings. The molecule has 0 heterocycles. The monoisotopic (exact) mass is 352 g/mol. The maximum atomic E-state index is 6.08. The number of halogens is 1. The fourth-order valence-corrected chi connectivity index (χ4v) is 2.28. The van der Waals surface area contributed by atoms with Crippen LogP contribution < -0.4 is 0 Å². The van der Waals surface area contributed by atoms with Crippen molar-refractivity contribution in [2.45, 2.75) is 51.7 Å². The van der Waals surface area contributed by atoms with E-state index in [9.17, 15) is 0 Å². The van der Waals surface area contributed by atoms with Crippen LogP contribution in [0, 0.1) is 0 Å². The molecule has 94 valence electrons. The summed E-state index contributed by atoms with van der Waals surface area (Å²) in [5.74, 6) is 0. The molecule has 0 aromatic rings. The molecular formula is C13H25IOSi. The van der Waals surface area contributed by atoms with Crippen molar-refractivity contribution in [2.75, 3.05) is 11.0 Å². The second-order valence-corrected chi connectivity index (χ2v) is 11.2. The van der Waals surface area contributed by atoms with Gasteiger partial charge in [-0.25, -0.2) is 0 Å². The molecule has 0 rings (SSSR count). The van der Waals surface area contributed by atoms with E-state index in [0.29, 0.717) is 5.04 Å². The molecule has 0 N–H and O–H groups in total. The Bertz CT molecular complexity index is 247. The lowest BCUT2D eigenvalue weighted by molar-refractivity contribution is 0.283. The van der Waals surface area contributed by atoms with Gasteiger partial charge in [-0.15, -0.1) is 5.73 Å². The fraction of sp³-hybridized carbons (Fsp3) is 0.769. The van der Waals surface area contributed by atoms with Crippen LogP contribution >= 0.6 is 22.6 Å². The molecule has 3 heteroatoms. The van der Waals surface area contributed by atoms with Gasteiger partial charge in [-0.1, -0.05) is 43.4 Å². The third-order valence-electron chi connectivity index (χ3n) is 3.07. The average molecular weight is 352 g/mol. The number of hydrogen-bond acceptors (Lipinski definition) is 1. The largest absolute Gasteiger partial charge is 0.417 e. The van der Waals surface area contributed by atoms with Gasteiger partial charge in [0.15, 0.2) is 8.32 Å². The third kappa shape index (κ3) is 6.89. The summed E-state index contributed by atoms with van der Waals surface area (Å²) >= 11 is 2.32. The van der Waals surface area contributed by atoms with Crippen LogP contribution in [-0.2, 0) is 4.43 Å². The molecule has 0 atom stereocenters. The first-order valence-electron chi connectivity index (χ1n) is 5.90. The molecule has 0 saturated heterocycles. The minimum atomic E-state index is -1.52. The van der Waals surface area contributed by atoms with E-state index in [4.69, 9.17) is 4.43 Å². The molecule has 0 unspecified atom stereocenters. The van der Waals surface area contributed by atoms with Gasteiger partial charge in [0.05, 0.1) is 0 Å². The number of allylic oxidation sites excluding steroid dienone is 1. The lowest BCUT2D eigenvalue weighted by atomic mass is 10.2. The summed E-state index contributed by atoms with van der Waals surface area (Å²) < 4.78 is 7.12. The number of alkyl halides is 1. The van der Waals surface area contributed by atoms with E-state index in [-0.39, 0.29) is 0 Å². The van der Waals surface area contributed by atoms with E-state index in [1.165, 1.54) is 0 Å². The van der Waals surface area contributed by atoms with Crippen LogP contribution in [0.1, 0.15) is 33.6 Å². The van der Waals surface area contributed by atoms with Crippen molar-refractivity contribution in [1.29, 1.82) is 0 Å². The SMILES string of the molecule is CC(C)(C)[Si](C)(C)OCCCC=C=CCI. The minimum absolute atomic E-state index is 0.323. The van der Waals surface area contributed by atoms with Crippen LogP contribution in [0.4, 0.5) is 0 Å². The smallest absolute Gasteiger partial charge is 0.191 e. The average Bonchev–Trinajstić information content (AvgIpc) is 2.14. The quantitative estimate of drug-likeness (QED) is 0.216. The highest BCUT2D eigenvalue weighted by Gasteiger charge is 2.36. The summed E-state index contributed by atoms with van der Waals surface area (Å²) in [7, 11) is -1.52. The van der Waals surface area contributed by atoms with Crippen LogP contribution in [0.3, 0.4) is 0 Å². The van der Waals surface area contributed by atoms with Crippen molar-refractivity contribution >= 4 is 30.9 Å². The zero-order valence-corrected chi connectivity index (χ0v) is 14.4. The summed E-state index contributed by atoms with van der Waals surface area (Å²) in [6.45, 7) is 12.3. The molecule has 0 bridgehead atoms. The number of rotatable bonds is 6. The highest BCUT2D eigenvalue weighted by atomic mass is 127. The van der Waals surface area contributed by atoms with Crippen LogP contribution in [-0.4, -0.2) is 19.4 Å². The first-order valence-corrected chi connectivity index (χ1v) is 10.3.